The molecule has 0 spiro atoms. The number of unbranched alkanes of at least 4 members (excludes halogenated alkanes) is 6. The van der Waals surface area contributed by atoms with Crippen LogP contribution in [0.3, 0.4) is 0 Å². The molecule has 0 aromatic carbocycles. The Balaban J connectivity index is 4.05. The lowest BCUT2D eigenvalue weighted by atomic mass is 9.64. The number of hydrogen-bond acceptors (Lipinski definition) is 0. The molecule has 0 saturated heterocycles. The Morgan fingerprint density at radius 3 is 1.50 bits per heavy atom. The van der Waals surface area contributed by atoms with Gasteiger partial charge in [0.25, 0.3) is 0 Å². The van der Waals surface area contributed by atoms with Gasteiger partial charge in [0, 0.05) is 0 Å². The second-order valence-electron chi connectivity index (χ2n) is 6.08. The summed E-state index contributed by atoms with van der Waals surface area (Å²) in [5, 5.41) is 1.55. The summed E-state index contributed by atoms with van der Waals surface area (Å²) in [5.41, 5.74) is 1.67. The number of rotatable bonds is 11. The third kappa shape index (κ3) is 8.94. The van der Waals surface area contributed by atoms with Crippen molar-refractivity contribution in [2.24, 2.45) is 5.92 Å². The lowest BCUT2D eigenvalue weighted by Gasteiger charge is -2.20. The average Bonchev–Trinajstić information content (AvgIpc) is 2.36. The molecule has 0 aliphatic carbocycles. The van der Waals surface area contributed by atoms with Gasteiger partial charge < -0.3 is 0 Å². The van der Waals surface area contributed by atoms with Crippen molar-refractivity contribution in [3.63, 3.8) is 0 Å². The predicted octanol–water partition coefficient (Wildman–Crippen LogP) is 2.61. The van der Waals surface area contributed by atoms with Crippen molar-refractivity contribution in [2.45, 2.75) is 78.1 Å². The zero-order valence-electron chi connectivity index (χ0n) is 13.6. The summed E-state index contributed by atoms with van der Waals surface area (Å²) in [6.07, 6.45) is 14.1. The van der Waals surface area contributed by atoms with Crippen molar-refractivity contribution in [3.05, 3.63) is 10.8 Å². The first kappa shape index (κ1) is 17.9. The van der Waals surface area contributed by atoms with Gasteiger partial charge in [-0.05, 0) is 18.8 Å². The third-order valence-electron chi connectivity index (χ3n) is 4.21. The van der Waals surface area contributed by atoms with Crippen LogP contribution in [0.2, 0.25) is 0 Å². The van der Waals surface area contributed by atoms with Crippen LogP contribution in [0, 0.1) is 5.92 Å². The molecule has 0 N–H and O–H groups in total. The van der Waals surface area contributed by atoms with Gasteiger partial charge in [-0.3, -0.25) is 0 Å². The van der Waals surface area contributed by atoms with Crippen LogP contribution in [-0.4, -0.2) is 23.5 Å². The molecule has 0 aliphatic rings. The van der Waals surface area contributed by atoms with Gasteiger partial charge in [-0.1, -0.05) is 65.2 Å². The second-order valence-corrected chi connectivity index (χ2v) is 6.08. The molecule has 0 amide bonds. The standard InChI is InChI=1S/C15H33B3/c1-3-5-7-9-11-13(14(16)15(17)18)12-10-8-6-4-2/h13H,3-12,16-18H2,1-2H3. The molecular formula is C15H33B3. The number of hydrogen-bond donors (Lipinski definition) is 0. The van der Waals surface area contributed by atoms with E-state index in [1.807, 2.05) is 0 Å². The average molecular weight is 246 g/mol. The summed E-state index contributed by atoms with van der Waals surface area (Å²) in [4.78, 5) is 0. The van der Waals surface area contributed by atoms with E-state index in [0.717, 1.165) is 5.92 Å². The summed E-state index contributed by atoms with van der Waals surface area (Å²) in [6.45, 7) is 4.59. The molecule has 0 atom stereocenters. The molecule has 0 aromatic heterocycles. The monoisotopic (exact) mass is 246 g/mol. The Bertz CT molecular complexity index is 208. The van der Waals surface area contributed by atoms with Crippen LogP contribution >= 0.6 is 0 Å². The van der Waals surface area contributed by atoms with E-state index in [2.05, 4.69) is 37.4 Å². The fourth-order valence-corrected chi connectivity index (χ4v) is 2.62. The predicted molar refractivity (Wildman–Crippen MR) is 93.7 cm³/mol. The smallest absolute Gasteiger partial charge is 0.132 e. The lowest BCUT2D eigenvalue weighted by molar-refractivity contribution is 0.467. The van der Waals surface area contributed by atoms with Gasteiger partial charge in [-0.25, -0.2) is 0 Å². The molecule has 102 valence electrons. The van der Waals surface area contributed by atoms with Gasteiger partial charge in [0.15, 0.2) is 0 Å². The topological polar surface area (TPSA) is 0 Å². The maximum absolute atomic E-state index is 2.36. The molecule has 0 heterocycles. The summed E-state index contributed by atoms with van der Waals surface area (Å²) in [6, 6.07) is 0. The van der Waals surface area contributed by atoms with Gasteiger partial charge in [0.05, 0.1) is 0 Å². The zero-order valence-corrected chi connectivity index (χ0v) is 13.6. The van der Waals surface area contributed by atoms with Crippen LogP contribution in [0.1, 0.15) is 78.1 Å². The van der Waals surface area contributed by atoms with Crippen molar-refractivity contribution >= 4 is 23.5 Å². The van der Waals surface area contributed by atoms with Crippen molar-refractivity contribution in [1.29, 1.82) is 0 Å². The summed E-state index contributed by atoms with van der Waals surface area (Å²) in [7, 11) is 6.92. The molecule has 0 saturated carbocycles. The number of allylic oxidation sites excluding steroid dienone is 1. The van der Waals surface area contributed by atoms with Gasteiger partial charge in [0.1, 0.15) is 23.5 Å². The van der Waals surface area contributed by atoms with Crippen LogP contribution in [0.5, 0.6) is 0 Å². The first-order valence-corrected chi connectivity index (χ1v) is 8.27. The Morgan fingerprint density at radius 2 is 1.17 bits per heavy atom. The molecule has 0 fully saturated rings. The summed E-state index contributed by atoms with van der Waals surface area (Å²) >= 11 is 0. The SMILES string of the molecule is BC(B)=C(B)C(CCCCCC)CCCCCC. The summed E-state index contributed by atoms with van der Waals surface area (Å²) in [5.74, 6) is 0.865. The van der Waals surface area contributed by atoms with E-state index in [1.165, 1.54) is 64.2 Å². The van der Waals surface area contributed by atoms with Crippen LogP contribution in [0.15, 0.2) is 10.8 Å². The molecule has 0 nitrogen and oxygen atoms in total. The highest BCUT2D eigenvalue weighted by Crippen LogP contribution is 2.24. The molecule has 0 unspecified atom stereocenters. The molecule has 0 aliphatic heterocycles. The Kier molecular flexibility index (Phi) is 12.0. The summed E-state index contributed by atoms with van der Waals surface area (Å²) < 4.78 is 0. The highest BCUT2D eigenvalue weighted by molar-refractivity contribution is 6.51. The molecule has 3 heteroatoms. The molecule has 0 radical (unpaired) electrons. The maximum Gasteiger partial charge on any atom is 0.132 e. The van der Waals surface area contributed by atoms with Crippen molar-refractivity contribution < 1.29 is 0 Å². The van der Waals surface area contributed by atoms with E-state index in [-0.39, 0.29) is 0 Å². The van der Waals surface area contributed by atoms with E-state index in [4.69, 9.17) is 0 Å². The highest BCUT2D eigenvalue weighted by atomic mass is 14.1. The van der Waals surface area contributed by atoms with Crippen LogP contribution in [0.4, 0.5) is 0 Å². The van der Waals surface area contributed by atoms with Gasteiger partial charge >= 0.3 is 0 Å². The molecule has 0 rings (SSSR count). The Labute approximate surface area is 119 Å². The van der Waals surface area contributed by atoms with E-state index in [0.29, 0.717) is 0 Å². The van der Waals surface area contributed by atoms with Gasteiger partial charge in [-0.2, -0.15) is 5.37 Å². The fraction of sp³-hybridized carbons (Fsp3) is 0.867. The van der Waals surface area contributed by atoms with Crippen LogP contribution in [-0.2, 0) is 0 Å². The molecular weight excluding hydrogens is 213 g/mol. The Morgan fingerprint density at radius 1 is 0.722 bits per heavy atom. The minimum Gasteiger partial charge on any atom is -0.155 e. The van der Waals surface area contributed by atoms with E-state index in [9.17, 15) is 0 Å². The zero-order chi connectivity index (χ0) is 13.8. The second kappa shape index (κ2) is 12.0. The first-order valence-electron chi connectivity index (χ1n) is 8.27. The van der Waals surface area contributed by atoms with Gasteiger partial charge in [0.2, 0.25) is 0 Å². The largest absolute Gasteiger partial charge is 0.155 e. The molecule has 0 bridgehead atoms. The van der Waals surface area contributed by atoms with E-state index >= 15 is 0 Å². The lowest BCUT2D eigenvalue weighted by Crippen LogP contribution is -2.08. The van der Waals surface area contributed by atoms with Crippen molar-refractivity contribution in [3.8, 4) is 0 Å². The maximum atomic E-state index is 2.36. The van der Waals surface area contributed by atoms with Crippen LogP contribution < -0.4 is 0 Å². The van der Waals surface area contributed by atoms with Crippen molar-refractivity contribution in [2.75, 3.05) is 0 Å². The first-order chi connectivity index (χ1) is 8.63. The Hall–Kier alpha value is -0.0652. The minimum atomic E-state index is 0.865. The quantitative estimate of drug-likeness (QED) is 0.388. The van der Waals surface area contributed by atoms with E-state index in [1.54, 1.807) is 10.8 Å². The molecule has 18 heavy (non-hydrogen) atoms. The van der Waals surface area contributed by atoms with E-state index < -0.39 is 0 Å². The normalized spacial score (nSPS) is 10.8. The van der Waals surface area contributed by atoms with Gasteiger partial charge in [-0.15, -0.1) is 5.47 Å². The van der Waals surface area contributed by atoms with Crippen LogP contribution in [0.25, 0.3) is 0 Å². The molecule has 0 aromatic rings. The third-order valence-corrected chi connectivity index (χ3v) is 4.21. The fourth-order valence-electron chi connectivity index (χ4n) is 2.62. The van der Waals surface area contributed by atoms with Crippen molar-refractivity contribution in [1.82, 2.24) is 0 Å². The highest BCUT2D eigenvalue weighted by Gasteiger charge is 2.10. The minimum absolute atomic E-state index is 0.865.